The number of nitrogens with zero attached hydrogens (tertiary/aromatic N) is 1. The molecule has 0 saturated heterocycles. The van der Waals surface area contributed by atoms with Crippen LogP contribution in [-0.2, 0) is 10.0 Å². The second kappa shape index (κ2) is 6.71. The van der Waals surface area contributed by atoms with Crippen molar-refractivity contribution in [1.29, 1.82) is 0 Å². The predicted octanol–water partition coefficient (Wildman–Crippen LogP) is 2.28. The Labute approximate surface area is 126 Å². The molecule has 0 radical (unpaired) electrons. The molecule has 0 unspecified atom stereocenters. The molecule has 1 aromatic rings. The van der Waals surface area contributed by atoms with E-state index in [4.69, 9.17) is 18.0 Å². The summed E-state index contributed by atoms with van der Waals surface area (Å²) in [6.45, 7) is -0.149. The number of rotatable bonds is 6. The number of thiocarbonyl (C=S) groups is 1. The predicted molar refractivity (Wildman–Crippen MR) is 77.4 cm³/mol. The number of alkyl halides is 3. The van der Waals surface area contributed by atoms with Gasteiger partial charge in [-0.2, -0.15) is 17.5 Å². The molecular weight excluding hydrogens is 325 g/mol. The summed E-state index contributed by atoms with van der Waals surface area (Å²) in [7, 11) is -4.25. The molecule has 0 fully saturated rings. The van der Waals surface area contributed by atoms with Crippen LogP contribution in [0, 0.1) is 0 Å². The Morgan fingerprint density at radius 2 is 2.00 bits per heavy atom. The molecule has 0 spiro atoms. The molecule has 0 amide bonds. The third kappa shape index (κ3) is 4.94. The summed E-state index contributed by atoms with van der Waals surface area (Å²) in [5.41, 5.74) is 5.69. The molecular formula is C12H15F3N2O2S2. The van der Waals surface area contributed by atoms with Gasteiger partial charge in [-0.1, -0.05) is 31.3 Å². The molecule has 0 atom stereocenters. The van der Waals surface area contributed by atoms with Crippen molar-refractivity contribution in [2.24, 2.45) is 5.73 Å². The summed E-state index contributed by atoms with van der Waals surface area (Å²) >= 11 is 4.74. The minimum Gasteiger partial charge on any atom is -0.389 e. The molecule has 1 rings (SSSR count). The van der Waals surface area contributed by atoms with Crippen LogP contribution < -0.4 is 5.73 Å². The summed E-state index contributed by atoms with van der Waals surface area (Å²) < 4.78 is 62.6. The fraction of sp³-hybridized carbons (Fsp3) is 0.417. The monoisotopic (exact) mass is 340 g/mol. The molecule has 0 aliphatic heterocycles. The van der Waals surface area contributed by atoms with Gasteiger partial charge in [-0.3, -0.25) is 0 Å². The highest BCUT2D eigenvalue weighted by Gasteiger charge is 2.36. The van der Waals surface area contributed by atoms with Crippen molar-refractivity contribution in [3.05, 3.63) is 29.8 Å². The van der Waals surface area contributed by atoms with E-state index >= 15 is 0 Å². The van der Waals surface area contributed by atoms with Gasteiger partial charge in [0.2, 0.25) is 10.0 Å². The number of hydrogen-bond donors (Lipinski definition) is 1. The summed E-state index contributed by atoms with van der Waals surface area (Å²) in [6.07, 6.45) is -4.34. The number of benzene rings is 1. The molecule has 9 heteroatoms. The Morgan fingerprint density at radius 3 is 2.48 bits per heavy atom. The first kappa shape index (κ1) is 17.9. The molecule has 0 aliphatic rings. The minimum absolute atomic E-state index is 0.0232. The summed E-state index contributed by atoms with van der Waals surface area (Å²) in [4.78, 5) is -0.282. The Bertz CT molecular complexity index is 615. The number of nitrogens with two attached hydrogens (primary N) is 1. The highest BCUT2D eigenvalue weighted by Crippen LogP contribution is 2.23. The standard InChI is InChI=1S/C12H15F3N2O2S2/c1-2-6-17(8-12(13,14)15)21(18,19)10-5-3-4-9(7-10)11(16)20/h3-5,7H,2,6,8H2,1H3,(H2,16,20). The average Bonchev–Trinajstić information content (AvgIpc) is 2.37. The zero-order valence-electron chi connectivity index (χ0n) is 11.2. The van der Waals surface area contributed by atoms with Crippen LogP contribution in [0.25, 0.3) is 0 Å². The zero-order valence-corrected chi connectivity index (χ0v) is 12.9. The first-order valence-electron chi connectivity index (χ1n) is 6.04. The van der Waals surface area contributed by atoms with Gasteiger partial charge in [0.15, 0.2) is 0 Å². The van der Waals surface area contributed by atoms with Gasteiger partial charge in [0.1, 0.15) is 11.5 Å². The smallest absolute Gasteiger partial charge is 0.389 e. The average molecular weight is 340 g/mol. The van der Waals surface area contributed by atoms with E-state index in [2.05, 4.69) is 0 Å². The van der Waals surface area contributed by atoms with E-state index in [9.17, 15) is 21.6 Å². The molecule has 0 saturated carbocycles. The molecule has 0 bridgehead atoms. The Morgan fingerprint density at radius 1 is 1.38 bits per heavy atom. The lowest BCUT2D eigenvalue weighted by atomic mass is 10.2. The van der Waals surface area contributed by atoms with E-state index in [1.807, 2.05) is 0 Å². The summed E-state index contributed by atoms with van der Waals surface area (Å²) in [6, 6.07) is 5.28. The van der Waals surface area contributed by atoms with Crippen molar-refractivity contribution in [3.63, 3.8) is 0 Å². The van der Waals surface area contributed by atoms with E-state index < -0.39 is 22.7 Å². The quantitative estimate of drug-likeness (QED) is 0.807. The van der Waals surface area contributed by atoms with E-state index in [1.54, 1.807) is 6.92 Å². The van der Waals surface area contributed by atoms with E-state index in [0.717, 1.165) is 0 Å². The SMILES string of the molecule is CCCN(CC(F)(F)F)S(=O)(=O)c1cccc(C(N)=S)c1. The second-order valence-corrected chi connectivity index (χ2v) is 6.72. The molecule has 0 aromatic heterocycles. The van der Waals surface area contributed by atoms with Crippen LogP contribution in [0.2, 0.25) is 0 Å². The minimum atomic E-state index is -4.61. The van der Waals surface area contributed by atoms with E-state index in [-0.39, 0.29) is 28.4 Å². The first-order chi connectivity index (χ1) is 9.58. The van der Waals surface area contributed by atoms with Crippen LogP contribution in [0.4, 0.5) is 13.2 Å². The largest absolute Gasteiger partial charge is 0.402 e. The maximum atomic E-state index is 12.5. The molecule has 21 heavy (non-hydrogen) atoms. The van der Waals surface area contributed by atoms with Crippen molar-refractivity contribution >= 4 is 27.2 Å². The third-order valence-electron chi connectivity index (χ3n) is 2.58. The van der Waals surface area contributed by atoms with E-state index in [1.165, 1.54) is 24.3 Å². The van der Waals surface area contributed by atoms with Crippen LogP contribution in [0.5, 0.6) is 0 Å². The van der Waals surface area contributed by atoms with Crippen molar-refractivity contribution in [2.75, 3.05) is 13.1 Å². The lowest BCUT2D eigenvalue weighted by Crippen LogP contribution is -2.39. The van der Waals surface area contributed by atoms with Crippen LogP contribution in [-0.4, -0.2) is 37.0 Å². The lowest BCUT2D eigenvalue weighted by molar-refractivity contribution is -0.136. The third-order valence-corrected chi connectivity index (χ3v) is 4.66. The fourth-order valence-corrected chi connectivity index (χ4v) is 3.38. The number of hydrogen-bond acceptors (Lipinski definition) is 3. The van der Waals surface area contributed by atoms with Gasteiger partial charge >= 0.3 is 6.18 Å². The Kier molecular flexibility index (Phi) is 5.71. The molecule has 118 valence electrons. The van der Waals surface area contributed by atoms with Crippen LogP contribution >= 0.6 is 12.2 Å². The van der Waals surface area contributed by atoms with Gasteiger partial charge < -0.3 is 5.73 Å². The van der Waals surface area contributed by atoms with Gasteiger partial charge in [-0.25, -0.2) is 8.42 Å². The summed E-state index contributed by atoms with van der Waals surface area (Å²) in [5.74, 6) is 0. The lowest BCUT2D eigenvalue weighted by Gasteiger charge is -2.23. The second-order valence-electron chi connectivity index (χ2n) is 4.35. The Balaban J connectivity index is 3.22. The fourth-order valence-electron chi connectivity index (χ4n) is 1.69. The van der Waals surface area contributed by atoms with Crippen molar-refractivity contribution < 1.29 is 21.6 Å². The van der Waals surface area contributed by atoms with Gasteiger partial charge in [-0.15, -0.1) is 0 Å². The van der Waals surface area contributed by atoms with Gasteiger partial charge in [0, 0.05) is 12.1 Å². The number of halogens is 3. The van der Waals surface area contributed by atoms with Crippen LogP contribution in [0.3, 0.4) is 0 Å². The molecule has 4 nitrogen and oxygen atoms in total. The normalized spacial score (nSPS) is 12.6. The van der Waals surface area contributed by atoms with Crippen molar-refractivity contribution in [3.8, 4) is 0 Å². The van der Waals surface area contributed by atoms with Gasteiger partial charge in [-0.05, 0) is 18.6 Å². The Hall–Kier alpha value is -1.19. The van der Waals surface area contributed by atoms with Crippen LogP contribution in [0.1, 0.15) is 18.9 Å². The van der Waals surface area contributed by atoms with E-state index in [0.29, 0.717) is 4.31 Å². The van der Waals surface area contributed by atoms with Crippen molar-refractivity contribution in [1.82, 2.24) is 4.31 Å². The first-order valence-corrected chi connectivity index (χ1v) is 7.89. The summed E-state index contributed by atoms with van der Waals surface area (Å²) in [5, 5.41) is 0. The van der Waals surface area contributed by atoms with Gasteiger partial charge in [0.05, 0.1) is 4.90 Å². The highest BCUT2D eigenvalue weighted by molar-refractivity contribution is 7.89. The number of sulfonamides is 1. The topological polar surface area (TPSA) is 63.4 Å². The van der Waals surface area contributed by atoms with Crippen LogP contribution in [0.15, 0.2) is 29.2 Å². The molecule has 2 N–H and O–H groups in total. The van der Waals surface area contributed by atoms with Crippen molar-refractivity contribution in [2.45, 2.75) is 24.4 Å². The molecule has 1 aromatic carbocycles. The molecule has 0 heterocycles. The molecule has 0 aliphatic carbocycles. The maximum absolute atomic E-state index is 12.5. The highest BCUT2D eigenvalue weighted by atomic mass is 32.2. The zero-order chi connectivity index (χ0) is 16.3. The maximum Gasteiger partial charge on any atom is 0.402 e. The van der Waals surface area contributed by atoms with Gasteiger partial charge in [0.25, 0.3) is 0 Å².